The van der Waals surface area contributed by atoms with Crippen LogP contribution in [-0.2, 0) is 4.74 Å². The molecule has 80 valence electrons. The minimum atomic E-state index is -0.799. The number of aliphatic hydroxyl groups excluding tert-OH is 1. The quantitative estimate of drug-likeness (QED) is 0.649. The smallest absolute Gasteiger partial charge is 0.408 e. The summed E-state index contributed by atoms with van der Waals surface area (Å²) < 4.78 is 4.96. The van der Waals surface area contributed by atoms with Gasteiger partial charge in [0.25, 0.3) is 0 Å². The lowest BCUT2D eigenvalue weighted by molar-refractivity contribution is 0.0470. The van der Waals surface area contributed by atoms with Gasteiger partial charge in [0.1, 0.15) is 11.6 Å². The van der Waals surface area contributed by atoms with Gasteiger partial charge in [-0.1, -0.05) is 5.92 Å². The van der Waals surface area contributed by atoms with Crippen LogP contribution in [0.15, 0.2) is 0 Å². The highest BCUT2D eigenvalue weighted by atomic mass is 16.6. The van der Waals surface area contributed by atoms with Crippen molar-refractivity contribution in [3.05, 3.63) is 0 Å². The maximum Gasteiger partial charge on any atom is 0.408 e. The minimum absolute atomic E-state index is 0.568. The summed E-state index contributed by atoms with van der Waals surface area (Å²) in [6, 6.07) is -0.718. The highest BCUT2D eigenvalue weighted by Gasteiger charge is 2.20. The molecule has 0 saturated carbocycles. The van der Waals surface area contributed by atoms with E-state index in [1.807, 2.05) is 0 Å². The fraction of sp³-hybridized carbons (Fsp3) is 0.700. The van der Waals surface area contributed by atoms with E-state index in [9.17, 15) is 4.79 Å². The van der Waals surface area contributed by atoms with Crippen molar-refractivity contribution in [3.63, 3.8) is 0 Å². The summed E-state index contributed by atoms with van der Waals surface area (Å²) >= 11 is 0. The zero-order valence-corrected chi connectivity index (χ0v) is 9.00. The molecule has 4 heteroatoms. The van der Waals surface area contributed by atoms with Crippen molar-refractivity contribution >= 4 is 6.09 Å². The Morgan fingerprint density at radius 1 is 1.57 bits per heavy atom. The maximum atomic E-state index is 11.2. The SMILES string of the molecule is C#C[C@@H](NC(=O)OC(C)(C)C)[C@@H](C)O. The number of amides is 1. The van der Waals surface area contributed by atoms with Gasteiger partial charge in [-0.25, -0.2) is 4.79 Å². The van der Waals surface area contributed by atoms with Gasteiger partial charge in [0.15, 0.2) is 0 Å². The molecule has 1 amide bonds. The Morgan fingerprint density at radius 2 is 2.07 bits per heavy atom. The van der Waals surface area contributed by atoms with Gasteiger partial charge in [-0.15, -0.1) is 6.42 Å². The van der Waals surface area contributed by atoms with Crippen LogP contribution in [0.2, 0.25) is 0 Å². The highest BCUT2D eigenvalue weighted by molar-refractivity contribution is 5.68. The van der Waals surface area contributed by atoms with Gasteiger partial charge in [0.05, 0.1) is 6.10 Å². The molecule has 0 bridgehead atoms. The molecule has 0 rings (SSSR count). The number of alkyl carbamates (subject to hydrolysis) is 1. The van der Waals surface area contributed by atoms with Crippen LogP contribution in [0.4, 0.5) is 4.79 Å². The number of carbonyl (C=O) groups excluding carboxylic acids is 1. The average molecular weight is 199 g/mol. The van der Waals surface area contributed by atoms with E-state index in [1.165, 1.54) is 6.92 Å². The molecule has 0 aliphatic heterocycles. The van der Waals surface area contributed by atoms with Crippen molar-refractivity contribution in [1.29, 1.82) is 0 Å². The van der Waals surface area contributed by atoms with Crippen molar-refractivity contribution in [1.82, 2.24) is 5.32 Å². The molecular formula is C10H17NO3. The van der Waals surface area contributed by atoms with E-state index in [4.69, 9.17) is 16.3 Å². The zero-order valence-electron chi connectivity index (χ0n) is 9.00. The Bertz CT molecular complexity index is 235. The highest BCUT2D eigenvalue weighted by Crippen LogP contribution is 2.06. The second-order valence-electron chi connectivity index (χ2n) is 4.03. The normalized spacial score (nSPS) is 15.1. The van der Waals surface area contributed by atoms with E-state index in [0.717, 1.165) is 0 Å². The Kier molecular flexibility index (Phi) is 4.45. The number of aliphatic hydroxyl groups is 1. The van der Waals surface area contributed by atoms with E-state index < -0.39 is 23.8 Å². The summed E-state index contributed by atoms with van der Waals surface area (Å²) in [7, 11) is 0. The predicted molar refractivity (Wildman–Crippen MR) is 53.7 cm³/mol. The van der Waals surface area contributed by atoms with Crippen molar-refractivity contribution in [3.8, 4) is 12.3 Å². The Morgan fingerprint density at radius 3 is 2.36 bits per heavy atom. The van der Waals surface area contributed by atoms with E-state index >= 15 is 0 Å². The van der Waals surface area contributed by atoms with Crippen LogP contribution in [0, 0.1) is 12.3 Å². The van der Waals surface area contributed by atoms with Crippen molar-refractivity contribution in [2.45, 2.75) is 45.4 Å². The van der Waals surface area contributed by atoms with Crippen LogP contribution >= 0.6 is 0 Å². The van der Waals surface area contributed by atoms with Gasteiger partial charge in [-0.05, 0) is 27.7 Å². The molecule has 0 aliphatic rings. The summed E-state index contributed by atoms with van der Waals surface area (Å²) in [5, 5.41) is 11.5. The molecule has 0 heterocycles. The number of carbonyl (C=O) groups is 1. The Balaban J connectivity index is 4.13. The molecule has 2 atom stereocenters. The van der Waals surface area contributed by atoms with Crippen LogP contribution in [0.3, 0.4) is 0 Å². The molecule has 0 aliphatic carbocycles. The Hall–Kier alpha value is -1.21. The van der Waals surface area contributed by atoms with Crippen LogP contribution in [-0.4, -0.2) is 28.9 Å². The molecule has 0 aromatic carbocycles. The standard InChI is InChI=1S/C10H17NO3/c1-6-8(7(2)12)11-9(13)14-10(3,4)5/h1,7-8,12H,2-5H3,(H,11,13)/t7-,8-/m1/s1. The fourth-order valence-corrected chi connectivity index (χ4v) is 0.736. The van der Waals surface area contributed by atoms with Crippen LogP contribution < -0.4 is 5.32 Å². The fourth-order valence-electron chi connectivity index (χ4n) is 0.736. The van der Waals surface area contributed by atoms with Gasteiger partial charge < -0.3 is 15.2 Å². The molecule has 0 radical (unpaired) electrons. The summed E-state index contributed by atoms with van der Waals surface area (Å²) in [5.41, 5.74) is -0.568. The van der Waals surface area contributed by atoms with E-state index in [-0.39, 0.29) is 0 Å². The average Bonchev–Trinajstić information content (AvgIpc) is 1.96. The summed E-state index contributed by atoms with van der Waals surface area (Å²) in [6.07, 6.45) is 3.68. The largest absolute Gasteiger partial charge is 0.444 e. The van der Waals surface area contributed by atoms with Crippen molar-refractivity contribution in [2.75, 3.05) is 0 Å². The number of hydrogen-bond donors (Lipinski definition) is 2. The molecule has 2 N–H and O–H groups in total. The van der Waals surface area contributed by atoms with Crippen LogP contribution in [0.25, 0.3) is 0 Å². The molecule has 0 saturated heterocycles. The first-order valence-electron chi connectivity index (χ1n) is 4.40. The van der Waals surface area contributed by atoms with E-state index in [1.54, 1.807) is 20.8 Å². The number of ether oxygens (including phenoxy) is 1. The Labute approximate surface area is 84.6 Å². The number of terminal acetylenes is 1. The monoisotopic (exact) mass is 199 g/mol. The first kappa shape index (κ1) is 12.8. The van der Waals surface area contributed by atoms with Gasteiger partial charge in [-0.3, -0.25) is 0 Å². The van der Waals surface area contributed by atoms with E-state index in [2.05, 4.69) is 11.2 Å². The third kappa shape index (κ3) is 5.44. The van der Waals surface area contributed by atoms with Gasteiger partial charge >= 0.3 is 6.09 Å². The van der Waals surface area contributed by atoms with Crippen molar-refractivity contribution in [2.24, 2.45) is 0 Å². The van der Waals surface area contributed by atoms with Gasteiger partial charge in [-0.2, -0.15) is 0 Å². The zero-order chi connectivity index (χ0) is 11.4. The predicted octanol–water partition coefficient (Wildman–Crippen LogP) is 0.894. The van der Waals surface area contributed by atoms with Crippen LogP contribution in [0.5, 0.6) is 0 Å². The molecule has 0 fully saturated rings. The maximum absolute atomic E-state index is 11.2. The lowest BCUT2D eigenvalue weighted by Gasteiger charge is -2.22. The summed E-state index contributed by atoms with van der Waals surface area (Å²) in [5.74, 6) is 2.26. The number of rotatable bonds is 2. The first-order chi connectivity index (χ1) is 6.26. The molecule has 14 heavy (non-hydrogen) atoms. The molecule has 0 spiro atoms. The third-order valence-electron chi connectivity index (χ3n) is 1.33. The number of hydrogen-bond acceptors (Lipinski definition) is 3. The van der Waals surface area contributed by atoms with Crippen LogP contribution in [0.1, 0.15) is 27.7 Å². The third-order valence-corrected chi connectivity index (χ3v) is 1.33. The second kappa shape index (κ2) is 4.87. The molecule has 0 aromatic heterocycles. The van der Waals surface area contributed by atoms with Gasteiger partial charge in [0, 0.05) is 0 Å². The second-order valence-corrected chi connectivity index (χ2v) is 4.03. The lowest BCUT2D eigenvalue weighted by Crippen LogP contribution is -2.43. The minimum Gasteiger partial charge on any atom is -0.444 e. The first-order valence-corrected chi connectivity index (χ1v) is 4.40. The lowest BCUT2D eigenvalue weighted by atomic mass is 10.2. The van der Waals surface area contributed by atoms with Crippen molar-refractivity contribution < 1.29 is 14.6 Å². The van der Waals surface area contributed by atoms with E-state index in [0.29, 0.717) is 0 Å². The molecule has 4 nitrogen and oxygen atoms in total. The summed E-state index contributed by atoms with van der Waals surface area (Å²) in [6.45, 7) is 6.75. The van der Waals surface area contributed by atoms with Gasteiger partial charge in [0.2, 0.25) is 0 Å². The number of nitrogens with one attached hydrogen (secondary N) is 1. The molecule has 0 aromatic rings. The molecule has 0 unspecified atom stereocenters. The summed E-state index contributed by atoms with van der Waals surface area (Å²) in [4.78, 5) is 11.2. The topological polar surface area (TPSA) is 58.6 Å². The molecular weight excluding hydrogens is 182 g/mol.